The van der Waals surface area contributed by atoms with Crippen LogP contribution >= 0.6 is 11.6 Å². The van der Waals surface area contributed by atoms with E-state index in [9.17, 15) is 9.59 Å². The number of hydrogen-bond donors (Lipinski definition) is 1. The molecule has 1 N–H and O–H groups in total. The van der Waals surface area contributed by atoms with E-state index < -0.39 is 5.41 Å². The Balaban J connectivity index is 1.17. The lowest BCUT2D eigenvalue weighted by Crippen LogP contribution is -2.33. The number of carbonyl (C=O) groups excluding carboxylic acids is 2. The van der Waals surface area contributed by atoms with Gasteiger partial charge in [-0.15, -0.1) is 0 Å². The number of nitrogens with zero attached hydrogens (tertiary/aromatic N) is 2. The van der Waals surface area contributed by atoms with Crippen LogP contribution in [0.25, 0.3) is 0 Å². The Morgan fingerprint density at radius 3 is 2.68 bits per heavy atom. The lowest BCUT2D eigenvalue weighted by atomic mass is 9.92. The van der Waals surface area contributed by atoms with Crippen LogP contribution in [0.1, 0.15) is 58.6 Å². The SMILES string of the molecule is CN1CCCC1CCNC(=O)c1cccc(CN2C(=O)[C@]3(C[C@@H]3c3ccc(Cl)cc3)c3ccccc32)c1. The van der Waals surface area contributed by atoms with Gasteiger partial charge in [-0.3, -0.25) is 9.59 Å². The molecule has 3 aromatic carbocycles. The summed E-state index contributed by atoms with van der Waals surface area (Å²) < 4.78 is 0. The van der Waals surface area contributed by atoms with Crippen molar-refractivity contribution in [1.82, 2.24) is 10.2 Å². The third-order valence-electron chi connectivity index (χ3n) is 8.50. The lowest BCUT2D eigenvalue weighted by molar-refractivity contribution is -0.120. The molecular weight excluding hydrogens is 482 g/mol. The standard InChI is InChI=1S/C31H32ClN3O2/c1-34-17-5-8-25(34)15-16-33-29(36)23-7-4-6-21(18-23)20-35-28-10-3-2-9-26(28)31(30(35)37)19-27(31)22-11-13-24(32)14-12-22/h2-4,6-7,9-14,18,25,27H,5,8,15-17,19-20H2,1H3,(H,33,36)/t25?,27-,31-/m1/s1. The van der Waals surface area contributed by atoms with E-state index in [0.717, 1.165) is 41.8 Å². The number of likely N-dealkylation sites (tertiary alicyclic amines) is 1. The van der Waals surface area contributed by atoms with Crippen LogP contribution in [0.5, 0.6) is 0 Å². The van der Waals surface area contributed by atoms with Crippen LogP contribution in [0.3, 0.4) is 0 Å². The molecule has 1 saturated carbocycles. The van der Waals surface area contributed by atoms with Crippen LogP contribution in [-0.2, 0) is 16.8 Å². The predicted octanol–water partition coefficient (Wildman–Crippen LogP) is 5.53. The molecule has 3 aliphatic rings. The zero-order valence-electron chi connectivity index (χ0n) is 21.1. The number of rotatable bonds is 7. The zero-order valence-corrected chi connectivity index (χ0v) is 21.9. The van der Waals surface area contributed by atoms with E-state index in [1.54, 1.807) is 0 Å². The van der Waals surface area contributed by atoms with Gasteiger partial charge >= 0.3 is 0 Å². The van der Waals surface area contributed by atoms with Gasteiger partial charge in [0.15, 0.2) is 0 Å². The molecule has 2 heterocycles. The molecule has 1 saturated heterocycles. The summed E-state index contributed by atoms with van der Waals surface area (Å²) >= 11 is 6.10. The number of anilines is 1. The van der Waals surface area contributed by atoms with E-state index in [-0.39, 0.29) is 17.7 Å². The highest BCUT2D eigenvalue weighted by Crippen LogP contribution is 2.66. The first-order valence-corrected chi connectivity index (χ1v) is 13.6. The number of halogens is 1. The van der Waals surface area contributed by atoms with Crippen molar-refractivity contribution < 1.29 is 9.59 Å². The topological polar surface area (TPSA) is 52.7 Å². The Kier molecular flexibility index (Phi) is 6.29. The van der Waals surface area contributed by atoms with Crippen LogP contribution in [0.2, 0.25) is 5.02 Å². The maximum absolute atomic E-state index is 13.9. The second-order valence-corrected chi connectivity index (χ2v) is 11.1. The van der Waals surface area contributed by atoms with Crippen molar-refractivity contribution in [2.45, 2.75) is 49.6 Å². The summed E-state index contributed by atoms with van der Waals surface area (Å²) in [7, 11) is 2.16. The van der Waals surface area contributed by atoms with Crippen LogP contribution in [0.15, 0.2) is 72.8 Å². The summed E-state index contributed by atoms with van der Waals surface area (Å²) in [6.07, 6.45) is 4.21. The maximum Gasteiger partial charge on any atom is 0.251 e. The second kappa shape index (κ2) is 9.62. The fourth-order valence-electron chi connectivity index (χ4n) is 6.40. The summed E-state index contributed by atoms with van der Waals surface area (Å²) in [4.78, 5) is 31.1. The zero-order chi connectivity index (χ0) is 25.6. The minimum Gasteiger partial charge on any atom is -0.352 e. The van der Waals surface area contributed by atoms with Gasteiger partial charge in [-0.25, -0.2) is 0 Å². The van der Waals surface area contributed by atoms with E-state index in [1.807, 2.05) is 71.6 Å². The Bertz CT molecular complexity index is 1340. The molecule has 6 rings (SSSR count). The summed E-state index contributed by atoms with van der Waals surface area (Å²) in [5.74, 6) is 0.237. The Morgan fingerprint density at radius 2 is 1.89 bits per heavy atom. The van der Waals surface area contributed by atoms with Crippen LogP contribution in [-0.4, -0.2) is 42.9 Å². The first-order valence-electron chi connectivity index (χ1n) is 13.2. The molecule has 2 aliphatic heterocycles. The van der Waals surface area contributed by atoms with Crippen molar-refractivity contribution in [1.29, 1.82) is 0 Å². The van der Waals surface area contributed by atoms with E-state index in [1.165, 1.54) is 12.8 Å². The average Bonchev–Trinajstić information content (AvgIpc) is 3.47. The molecule has 2 fully saturated rings. The summed E-state index contributed by atoms with van der Waals surface area (Å²) in [5, 5.41) is 3.79. The third kappa shape index (κ3) is 4.34. The third-order valence-corrected chi connectivity index (χ3v) is 8.75. The smallest absolute Gasteiger partial charge is 0.251 e. The molecule has 5 nitrogen and oxygen atoms in total. The van der Waals surface area contributed by atoms with Crippen LogP contribution in [0.4, 0.5) is 5.69 Å². The summed E-state index contributed by atoms with van der Waals surface area (Å²) in [6, 6.07) is 24.2. The van der Waals surface area contributed by atoms with Gasteiger partial charge in [0, 0.05) is 34.8 Å². The fourth-order valence-corrected chi connectivity index (χ4v) is 6.52. The highest BCUT2D eigenvalue weighted by Gasteiger charge is 2.67. The molecule has 0 aromatic heterocycles. The molecule has 3 atom stereocenters. The fraction of sp³-hybridized carbons (Fsp3) is 0.355. The second-order valence-electron chi connectivity index (χ2n) is 10.7. The Labute approximate surface area is 223 Å². The first-order chi connectivity index (χ1) is 18.0. The van der Waals surface area contributed by atoms with Gasteiger partial charge in [-0.2, -0.15) is 0 Å². The normalized spacial score (nSPS) is 24.5. The molecule has 37 heavy (non-hydrogen) atoms. The minimum atomic E-state index is -0.507. The highest BCUT2D eigenvalue weighted by atomic mass is 35.5. The molecule has 1 unspecified atom stereocenters. The number of nitrogens with one attached hydrogen (secondary N) is 1. The van der Waals surface area contributed by atoms with Crippen molar-refractivity contribution in [2.75, 3.05) is 25.0 Å². The molecule has 2 amide bonds. The Hall–Kier alpha value is -3.15. The largest absolute Gasteiger partial charge is 0.352 e. The molecule has 1 spiro atoms. The number of fused-ring (bicyclic) bond motifs is 2. The molecular formula is C31H32ClN3O2. The van der Waals surface area contributed by atoms with Gasteiger partial charge in [-0.05, 0) is 86.3 Å². The number of hydrogen-bond acceptors (Lipinski definition) is 3. The van der Waals surface area contributed by atoms with Crippen molar-refractivity contribution in [3.05, 3.63) is 100 Å². The van der Waals surface area contributed by atoms with Crippen molar-refractivity contribution >= 4 is 29.1 Å². The predicted molar refractivity (Wildman–Crippen MR) is 147 cm³/mol. The van der Waals surface area contributed by atoms with Gasteiger partial charge in [0.1, 0.15) is 0 Å². The van der Waals surface area contributed by atoms with Crippen molar-refractivity contribution in [2.24, 2.45) is 0 Å². The number of amides is 2. The monoisotopic (exact) mass is 513 g/mol. The highest BCUT2D eigenvalue weighted by molar-refractivity contribution is 6.30. The Morgan fingerprint density at radius 1 is 1.08 bits per heavy atom. The number of carbonyl (C=O) groups is 2. The number of para-hydroxylation sites is 1. The van der Waals surface area contributed by atoms with Gasteiger partial charge < -0.3 is 15.1 Å². The van der Waals surface area contributed by atoms with E-state index in [2.05, 4.69) is 23.3 Å². The van der Waals surface area contributed by atoms with Crippen molar-refractivity contribution in [3.8, 4) is 0 Å². The van der Waals surface area contributed by atoms with Crippen LogP contribution < -0.4 is 10.2 Å². The molecule has 6 heteroatoms. The lowest BCUT2D eigenvalue weighted by Gasteiger charge is -2.20. The molecule has 190 valence electrons. The maximum atomic E-state index is 13.9. The van der Waals surface area contributed by atoms with Gasteiger partial charge in [-0.1, -0.05) is 54.1 Å². The summed E-state index contributed by atoms with van der Waals surface area (Å²) in [5.41, 5.74) is 4.30. The van der Waals surface area contributed by atoms with E-state index in [4.69, 9.17) is 11.6 Å². The first kappa shape index (κ1) is 24.2. The van der Waals surface area contributed by atoms with E-state index in [0.29, 0.717) is 29.7 Å². The average molecular weight is 514 g/mol. The molecule has 0 radical (unpaired) electrons. The number of benzene rings is 3. The van der Waals surface area contributed by atoms with E-state index >= 15 is 0 Å². The van der Waals surface area contributed by atoms with Gasteiger partial charge in [0.05, 0.1) is 12.0 Å². The summed E-state index contributed by atoms with van der Waals surface area (Å²) in [6.45, 7) is 2.25. The molecule has 3 aromatic rings. The van der Waals surface area contributed by atoms with Gasteiger partial charge in [0.25, 0.3) is 5.91 Å². The molecule has 1 aliphatic carbocycles. The van der Waals surface area contributed by atoms with Crippen LogP contribution in [0, 0.1) is 0 Å². The minimum absolute atomic E-state index is 0.0582. The van der Waals surface area contributed by atoms with Crippen molar-refractivity contribution in [3.63, 3.8) is 0 Å². The molecule has 0 bridgehead atoms. The van der Waals surface area contributed by atoms with Gasteiger partial charge in [0.2, 0.25) is 5.91 Å². The quantitative estimate of drug-likeness (QED) is 0.452.